The molecule has 0 spiro atoms. The Labute approximate surface area is 113 Å². The standard InChI is InChI=1S/C11H20N4O2.ClH/c1-12-11(17)14-10(16)7-15-3-2-8-4-13-5-9(8)6-15;/h8-9,13H,2-7H2,1H3,(H2,12,14,16,17);1H. The Morgan fingerprint density at radius 3 is 2.78 bits per heavy atom. The molecule has 0 aliphatic carbocycles. The van der Waals surface area contributed by atoms with Crippen LogP contribution in [0.5, 0.6) is 0 Å². The molecule has 0 saturated carbocycles. The molecule has 0 radical (unpaired) electrons. The van der Waals surface area contributed by atoms with Crippen LogP contribution in [0.4, 0.5) is 4.79 Å². The number of nitrogens with zero attached hydrogens (tertiary/aromatic N) is 1. The first-order valence-electron chi connectivity index (χ1n) is 6.13. The van der Waals surface area contributed by atoms with Crippen LogP contribution in [-0.2, 0) is 4.79 Å². The maximum absolute atomic E-state index is 11.5. The zero-order valence-electron chi connectivity index (χ0n) is 10.6. The van der Waals surface area contributed by atoms with Crippen molar-refractivity contribution in [2.24, 2.45) is 11.8 Å². The number of hydrogen-bond acceptors (Lipinski definition) is 4. The highest BCUT2D eigenvalue weighted by molar-refractivity contribution is 5.95. The Hall–Kier alpha value is -0.850. The van der Waals surface area contributed by atoms with Gasteiger partial charge in [-0.15, -0.1) is 12.4 Å². The number of likely N-dealkylation sites (tertiary alicyclic amines) is 1. The quantitative estimate of drug-likeness (QED) is 0.630. The predicted molar refractivity (Wildman–Crippen MR) is 70.8 cm³/mol. The summed E-state index contributed by atoms with van der Waals surface area (Å²) in [6.07, 6.45) is 1.14. The molecule has 6 nitrogen and oxygen atoms in total. The summed E-state index contributed by atoms with van der Waals surface area (Å²) in [6.45, 7) is 4.39. The molecule has 104 valence electrons. The van der Waals surface area contributed by atoms with E-state index >= 15 is 0 Å². The summed E-state index contributed by atoms with van der Waals surface area (Å²) in [5.41, 5.74) is 0. The van der Waals surface area contributed by atoms with Gasteiger partial charge in [-0.2, -0.15) is 0 Å². The summed E-state index contributed by atoms with van der Waals surface area (Å²) in [7, 11) is 1.50. The highest BCUT2D eigenvalue weighted by atomic mass is 35.5. The molecule has 2 rings (SSSR count). The van der Waals surface area contributed by atoms with Gasteiger partial charge in [-0.25, -0.2) is 4.79 Å². The van der Waals surface area contributed by atoms with Crippen molar-refractivity contribution in [3.63, 3.8) is 0 Å². The third-order valence-corrected chi connectivity index (χ3v) is 3.64. The Kier molecular flexibility index (Phi) is 5.84. The lowest BCUT2D eigenvalue weighted by molar-refractivity contribution is -0.121. The highest BCUT2D eigenvalue weighted by Crippen LogP contribution is 2.25. The Morgan fingerprint density at radius 1 is 1.33 bits per heavy atom. The average molecular weight is 277 g/mol. The van der Waals surface area contributed by atoms with Gasteiger partial charge in [0.15, 0.2) is 0 Å². The van der Waals surface area contributed by atoms with Crippen LogP contribution in [-0.4, -0.2) is 56.6 Å². The van der Waals surface area contributed by atoms with Gasteiger partial charge >= 0.3 is 6.03 Å². The lowest BCUT2D eigenvalue weighted by atomic mass is 9.89. The van der Waals surface area contributed by atoms with Gasteiger partial charge in [-0.1, -0.05) is 0 Å². The van der Waals surface area contributed by atoms with E-state index in [9.17, 15) is 9.59 Å². The minimum absolute atomic E-state index is 0. The van der Waals surface area contributed by atoms with E-state index in [4.69, 9.17) is 0 Å². The maximum atomic E-state index is 11.5. The van der Waals surface area contributed by atoms with Gasteiger partial charge in [-0.3, -0.25) is 15.0 Å². The summed E-state index contributed by atoms with van der Waals surface area (Å²) in [6, 6.07) is -0.438. The third kappa shape index (κ3) is 3.83. The molecule has 0 aromatic heterocycles. The molecule has 0 aromatic carbocycles. The summed E-state index contributed by atoms with van der Waals surface area (Å²) in [5, 5.41) is 8.05. The number of carbonyl (C=O) groups is 2. The van der Waals surface area contributed by atoms with Crippen molar-refractivity contribution < 1.29 is 9.59 Å². The molecular weight excluding hydrogens is 256 g/mol. The molecule has 3 N–H and O–H groups in total. The molecular formula is C11H21ClN4O2. The number of imide groups is 1. The van der Waals surface area contributed by atoms with E-state index in [0.717, 1.165) is 38.5 Å². The fourth-order valence-electron chi connectivity index (χ4n) is 2.69. The van der Waals surface area contributed by atoms with Crippen LogP contribution in [0.25, 0.3) is 0 Å². The van der Waals surface area contributed by atoms with Crippen LogP contribution in [0.2, 0.25) is 0 Å². The minimum atomic E-state index is -0.438. The summed E-state index contributed by atoms with van der Waals surface area (Å²) in [5.74, 6) is 1.21. The first-order valence-corrected chi connectivity index (χ1v) is 6.13. The molecule has 18 heavy (non-hydrogen) atoms. The maximum Gasteiger partial charge on any atom is 0.321 e. The Balaban J connectivity index is 0.00000162. The van der Waals surface area contributed by atoms with Gasteiger partial charge in [0, 0.05) is 13.6 Å². The number of piperidine rings is 1. The first kappa shape index (κ1) is 15.2. The molecule has 2 saturated heterocycles. The minimum Gasteiger partial charge on any atom is -0.341 e. The number of urea groups is 1. The first-order chi connectivity index (χ1) is 8.19. The van der Waals surface area contributed by atoms with Crippen molar-refractivity contribution in [1.82, 2.24) is 20.9 Å². The van der Waals surface area contributed by atoms with Crippen LogP contribution in [0.1, 0.15) is 6.42 Å². The van der Waals surface area contributed by atoms with Gasteiger partial charge < -0.3 is 10.6 Å². The van der Waals surface area contributed by atoms with Crippen molar-refractivity contribution in [1.29, 1.82) is 0 Å². The smallest absolute Gasteiger partial charge is 0.321 e. The Bertz CT molecular complexity index is 313. The number of halogens is 1. The molecule has 3 amide bonds. The van der Waals surface area contributed by atoms with Gasteiger partial charge in [0.1, 0.15) is 0 Å². The van der Waals surface area contributed by atoms with Gasteiger partial charge in [-0.05, 0) is 37.9 Å². The van der Waals surface area contributed by atoms with Crippen molar-refractivity contribution in [3.05, 3.63) is 0 Å². The van der Waals surface area contributed by atoms with Gasteiger partial charge in [0.2, 0.25) is 5.91 Å². The molecule has 2 aliphatic rings. The third-order valence-electron chi connectivity index (χ3n) is 3.64. The SMILES string of the molecule is CNC(=O)NC(=O)CN1CCC2CNCC2C1.Cl. The molecule has 2 fully saturated rings. The van der Waals surface area contributed by atoms with E-state index in [1.807, 2.05) is 0 Å². The highest BCUT2D eigenvalue weighted by Gasteiger charge is 2.33. The van der Waals surface area contributed by atoms with Crippen LogP contribution < -0.4 is 16.0 Å². The number of amides is 3. The van der Waals surface area contributed by atoms with Crippen LogP contribution in [0.3, 0.4) is 0 Å². The summed E-state index contributed by atoms with van der Waals surface area (Å²) < 4.78 is 0. The average Bonchev–Trinajstić information content (AvgIpc) is 2.75. The van der Waals surface area contributed by atoms with Crippen LogP contribution >= 0.6 is 12.4 Å². The monoisotopic (exact) mass is 276 g/mol. The molecule has 2 unspecified atom stereocenters. The molecule has 7 heteroatoms. The molecule has 2 heterocycles. The zero-order valence-corrected chi connectivity index (χ0v) is 11.4. The van der Waals surface area contributed by atoms with Crippen LogP contribution in [0.15, 0.2) is 0 Å². The number of rotatable bonds is 2. The predicted octanol–water partition coefficient (Wildman–Crippen LogP) is -0.595. The molecule has 2 aliphatic heterocycles. The van der Waals surface area contributed by atoms with E-state index in [2.05, 4.69) is 20.9 Å². The van der Waals surface area contributed by atoms with E-state index in [1.165, 1.54) is 7.05 Å². The summed E-state index contributed by atoms with van der Waals surface area (Å²) in [4.78, 5) is 24.6. The fourth-order valence-corrected chi connectivity index (χ4v) is 2.69. The lowest BCUT2D eigenvalue weighted by Crippen LogP contribution is -2.47. The number of carbonyl (C=O) groups excluding carboxylic acids is 2. The molecule has 2 atom stereocenters. The second-order valence-electron chi connectivity index (χ2n) is 4.83. The van der Waals surface area contributed by atoms with Gasteiger partial charge in [0.05, 0.1) is 6.54 Å². The van der Waals surface area contributed by atoms with Crippen molar-refractivity contribution in [2.45, 2.75) is 6.42 Å². The zero-order chi connectivity index (χ0) is 12.3. The topological polar surface area (TPSA) is 73.5 Å². The normalized spacial score (nSPS) is 26.9. The van der Waals surface area contributed by atoms with E-state index in [1.54, 1.807) is 0 Å². The Morgan fingerprint density at radius 2 is 2.06 bits per heavy atom. The lowest BCUT2D eigenvalue weighted by Gasteiger charge is -2.33. The van der Waals surface area contributed by atoms with E-state index in [-0.39, 0.29) is 18.3 Å². The second-order valence-corrected chi connectivity index (χ2v) is 4.83. The number of hydrogen-bond donors (Lipinski definition) is 3. The van der Waals surface area contributed by atoms with Crippen LogP contribution in [0, 0.1) is 11.8 Å². The molecule has 0 bridgehead atoms. The van der Waals surface area contributed by atoms with Crippen molar-refractivity contribution in [3.8, 4) is 0 Å². The second kappa shape index (κ2) is 6.92. The van der Waals surface area contributed by atoms with E-state index < -0.39 is 6.03 Å². The van der Waals surface area contributed by atoms with Crippen molar-refractivity contribution >= 4 is 24.3 Å². The number of fused-ring (bicyclic) bond motifs is 1. The fraction of sp³-hybridized carbons (Fsp3) is 0.818. The van der Waals surface area contributed by atoms with E-state index in [0.29, 0.717) is 12.5 Å². The molecule has 0 aromatic rings. The van der Waals surface area contributed by atoms with Crippen molar-refractivity contribution in [2.75, 3.05) is 39.8 Å². The van der Waals surface area contributed by atoms with Gasteiger partial charge in [0.25, 0.3) is 0 Å². The number of nitrogens with one attached hydrogen (secondary N) is 3. The summed E-state index contributed by atoms with van der Waals surface area (Å²) >= 11 is 0. The largest absolute Gasteiger partial charge is 0.341 e.